The maximum absolute atomic E-state index is 13.4. The number of halogens is 1. The van der Waals surface area contributed by atoms with Crippen LogP contribution in [0.1, 0.15) is 5.69 Å². The molecule has 0 spiro atoms. The number of nitrogens with two attached hydrogens (primary N) is 1. The number of benzene rings is 1. The fourth-order valence-electron chi connectivity index (χ4n) is 1.28. The molecule has 0 amide bonds. The van der Waals surface area contributed by atoms with Crippen LogP contribution in [0, 0.1) is 5.82 Å². The van der Waals surface area contributed by atoms with Crippen LogP contribution in [0.3, 0.4) is 0 Å². The number of hydrogen-bond acceptors (Lipinski definition) is 4. The van der Waals surface area contributed by atoms with E-state index in [0.29, 0.717) is 17.9 Å². The van der Waals surface area contributed by atoms with Crippen LogP contribution in [0.25, 0.3) is 0 Å². The van der Waals surface area contributed by atoms with Gasteiger partial charge < -0.3 is 11.1 Å². The molecule has 0 aliphatic rings. The Kier molecular flexibility index (Phi) is 2.95. The van der Waals surface area contributed by atoms with Crippen molar-refractivity contribution in [3.8, 4) is 0 Å². The summed E-state index contributed by atoms with van der Waals surface area (Å²) in [6, 6.07) is 6.29. The number of nitrogen functional groups attached to an aromatic ring is 1. The molecule has 1 aromatic carbocycles. The average Bonchev–Trinajstić information content (AvgIpc) is 2.29. The molecule has 0 fully saturated rings. The Labute approximate surface area is 92.3 Å². The van der Waals surface area contributed by atoms with E-state index in [1.807, 2.05) is 0 Å². The minimum Gasteiger partial charge on any atom is -0.399 e. The first kappa shape index (κ1) is 10.4. The highest BCUT2D eigenvalue weighted by Crippen LogP contribution is 2.17. The number of anilines is 2. The van der Waals surface area contributed by atoms with Gasteiger partial charge in [0, 0.05) is 11.9 Å². The molecule has 0 aliphatic carbocycles. The Bertz CT molecular complexity index is 473. The molecule has 2 aromatic rings. The van der Waals surface area contributed by atoms with Crippen molar-refractivity contribution in [3.63, 3.8) is 0 Å². The van der Waals surface area contributed by atoms with Crippen molar-refractivity contribution in [1.29, 1.82) is 0 Å². The second-order valence-electron chi connectivity index (χ2n) is 3.29. The van der Waals surface area contributed by atoms with E-state index in [4.69, 9.17) is 5.73 Å². The summed E-state index contributed by atoms with van der Waals surface area (Å²) in [6.45, 7) is 0.448. The Morgan fingerprint density at radius 3 is 2.88 bits per heavy atom. The number of rotatable bonds is 3. The first-order valence-corrected chi connectivity index (χ1v) is 4.79. The van der Waals surface area contributed by atoms with Crippen LogP contribution in [0.2, 0.25) is 0 Å². The highest BCUT2D eigenvalue weighted by Gasteiger charge is 2.01. The Morgan fingerprint density at radius 2 is 2.19 bits per heavy atom. The molecular weight excluding hydrogens is 207 g/mol. The van der Waals surface area contributed by atoms with Gasteiger partial charge in [-0.25, -0.2) is 14.4 Å². The molecule has 5 heteroatoms. The molecule has 0 unspecified atom stereocenters. The summed E-state index contributed by atoms with van der Waals surface area (Å²) in [5.74, 6) is -0.367. The van der Waals surface area contributed by atoms with Gasteiger partial charge in [0.05, 0.1) is 17.9 Å². The smallest absolute Gasteiger partial charge is 0.148 e. The molecule has 0 saturated heterocycles. The zero-order valence-electron chi connectivity index (χ0n) is 8.52. The third kappa shape index (κ3) is 2.44. The van der Waals surface area contributed by atoms with Crippen LogP contribution >= 0.6 is 0 Å². The van der Waals surface area contributed by atoms with Gasteiger partial charge in [0.1, 0.15) is 12.1 Å². The fraction of sp³-hybridized carbons (Fsp3) is 0.0909. The zero-order valence-corrected chi connectivity index (χ0v) is 8.52. The minimum absolute atomic E-state index is 0.367. The normalized spacial score (nSPS) is 10.1. The third-order valence-electron chi connectivity index (χ3n) is 2.10. The summed E-state index contributed by atoms with van der Waals surface area (Å²) >= 11 is 0. The van der Waals surface area contributed by atoms with E-state index in [1.165, 1.54) is 12.4 Å². The van der Waals surface area contributed by atoms with Crippen molar-refractivity contribution in [2.45, 2.75) is 6.54 Å². The van der Waals surface area contributed by atoms with Gasteiger partial charge in [-0.2, -0.15) is 0 Å². The molecule has 0 radical (unpaired) electrons. The van der Waals surface area contributed by atoms with Gasteiger partial charge in [-0.1, -0.05) is 0 Å². The summed E-state index contributed by atoms with van der Waals surface area (Å²) in [6.07, 6.45) is 3.10. The zero-order chi connectivity index (χ0) is 11.4. The van der Waals surface area contributed by atoms with E-state index in [-0.39, 0.29) is 5.82 Å². The molecule has 16 heavy (non-hydrogen) atoms. The van der Waals surface area contributed by atoms with Crippen LogP contribution in [-0.2, 0) is 6.54 Å². The molecule has 0 aliphatic heterocycles. The maximum atomic E-state index is 13.4. The lowest BCUT2D eigenvalue weighted by molar-refractivity contribution is 0.630. The lowest BCUT2D eigenvalue weighted by Gasteiger charge is -2.07. The van der Waals surface area contributed by atoms with Crippen molar-refractivity contribution in [3.05, 3.63) is 48.3 Å². The largest absolute Gasteiger partial charge is 0.399 e. The van der Waals surface area contributed by atoms with Crippen LogP contribution in [0.4, 0.5) is 15.8 Å². The lowest BCUT2D eigenvalue weighted by atomic mass is 10.2. The maximum Gasteiger partial charge on any atom is 0.148 e. The topological polar surface area (TPSA) is 63.8 Å². The monoisotopic (exact) mass is 218 g/mol. The van der Waals surface area contributed by atoms with Crippen molar-refractivity contribution >= 4 is 11.4 Å². The van der Waals surface area contributed by atoms with Crippen molar-refractivity contribution in [2.24, 2.45) is 0 Å². The van der Waals surface area contributed by atoms with Gasteiger partial charge >= 0.3 is 0 Å². The Morgan fingerprint density at radius 1 is 1.31 bits per heavy atom. The molecule has 0 atom stereocenters. The van der Waals surface area contributed by atoms with Gasteiger partial charge in [-0.05, 0) is 24.3 Å². The predicted molar refractivity (Wildman–Crippen MR) is 60.2 cm³/mol. The van der Waals surface area contributed by atoms with Crippen LogP contribution in [0.15, 0.2) is 36.8 Å². The summed E-state index contributed by atoms with van der Waals surface area (Å²) in [5, 5.41) is 2.94. The molecule has 4 nitrogen and oxygen atoms in total. The second-order valence-corrected chi connectivity index (χ2v) is 3.29. The third-order valence-corrected chi connectivity index (χ3v) is 2.10. The SMILES string of the molecule is Nc1ccc(NCc2ccncn2)c(F)c1. The van der Waals surface area contributed by atoms with Gasteiger partial charge in [-0.15, -0.1) is 0 Å². The number of hydrogen-bond donors (Lipinski definition) is 2. The Hall–Kier alpha value is -2.17. The number of nitrogens with zero attached hydrogens (tertiary/aromatic N) is 2. The molecule has 1 aromatic heterocycles. The van der Waals surface area contributed by atoms with E-state index in [2.05, 4.69) is 15.3 Å². The molecule has 2 rings (SSSR count). The first-order chi connectivity index (χ1) is 7.75. The summed E-state index contributed by atoms with van der Waals surface area (Å²) in [7, 11) is 0. The van der Waals surface area contributed by atoms with Crippen LogP contribution < -0.4 is 11.1 Å². The first-order valence-electron chi connectivity index (χ1n) is 4.79. The fourth-order valence-corrected chi connectivity index (χ4v) is 1.28. The number of aromatic nitrogens is 2. The second kappa shape index (κ2) is 4.57. The highest BCUT2D eigenvalue weighted by molar-refractivity contribution is 5.52. The minimum atomic E-state index is -0.367. The molecule has 0 saturated carbocycles. The Balaban J connectivity index is 2.05. The average molecular weight is 218 g/mol. The van der Waals surface area contributed by atoms with Crippen molar-refractivity contribution < 1.29 is 4.39 Å². The molecule has 82 valence electrons. The van der Waals surface area contributed by atoms with Gasteiger partial charge in [0.25, 0.3) is 0 Å². The quantitative estimate of drug-likeness (QED) is 0.771. The van der Waals surface area contributed by atoms with Gasteiger partial charge in [0.2, 0.25) is 0 Å². The predicted octanol–water partition coefficient (Wildman–Crippen LogP) is 1.81. The summed E-state index contributed by atoms with van der Waals surface area (Å²) in [5.41, 5.74) is 7.06. The number of nitrogens with one attached hydrogen (secondary N) is 1. The van der Waals surface area contributed by atoms with E-state index in [1.54, 1.807) is 24.4 Å². The summed E-state index contributed by atoms with van der Waals surface area (Å²) in [4.78, 5) is 7.82. The lowest BCUT2D eigenvalue weighted by Crippen LogP contribution is -2.03. The summed E-state index contributed by atoms with van der Waals surface area (Å²) < 4.78 is 13.4. The van der Waals surface area contributed by atoms with E-state index < -0.39 is 0 Å². The molecule has 3 N–H and O–H groups in total. The van der Waals surface area contributed by atoms with E-state index in [0.717, 1.165) is 5.69 Å². The van der Waals surface area contributed by atoms with Gasteiger partial charge in [-0.3, -0.25) is 0 Å². The molecular formula is C11H11FN4. The van der Waals surface area contributed by atoms with Gasteiger partial charge in [0.15, 0.2) is 0 Å². The van der Waals surface area contributed by atoms with Crippen molar-refractivity contribution in [1.82, 2.24) is 9.97 Å². The molecule has 1 heterocycles. The highest BCUT2D eigenvalue weighted by atomic mass is 19.1. The van der Waals surface area contributed by atoms with E-state index >= 15 is 0 Å². The molecule has 0 bridgehead atoms. The van der Waals surface area contributed by atoms with Crippen LogP contribution in [-0.4, -0.2) is 9.97 Å². The van der Waals surface area contributed by atoms with Crippen LogP contribution in [0.5, 0.6) is 0 Å². The standard InChI is InChI=1S/C11H11FN4/c12-10-5-8(13)1-2-11(10)15-6-9-3-4-14-7-16-9/h1-5,7,15H,6,13H2. The van der Waals surface area contributed by atoms with Crippen molar-refractivity contribution in [2.75, 3.05) is 11.1 Å². The van der Waals surface area contributed by atoms with E-state index in [9.17, 15) is 4.39 Å².